The Morgan fingerprint density at radius 3 is 2.36 bits per heavy atom. The monoisotopic (exact) mass is 198 g/mol. The van der Waals surface area contributed by atoms with E-state index in [4.69, 9.17) is 5.11 Å². The van der Waals surface area contributed by atoms with Gasteiger partial charge < -0.3 is 9.63 Å². The molecule has 0 saturated heterocycles. The number of rotatable bonds is 1. The molecule has 0 aliphatic rings. The number of hydrogen-bond donors (Lipinski definition) is 1. The van der Waals surface area contributed by atoms with E-state index in [9.17, 15) is 8.78 Å². The van der Waals surface area contributed by atoms with Crippen molar-refractivity contribution in [3.8, 4) is 17.1 Å². The van der Waals surface area contributed by atoms with Gasteiger partial charge in [-0.15, -0.1) is 0 Å². The molecule has 0 bridgehead atoms. The van der Waals surface area contributed by atoms with Gasteiger partial charge in [0, 0.05) is 12.1 Å². The maximum absolute atomic E-state index is 13.2. The van der Waals surface area contributed by atoms with Gasteiger partial charge in [-0.25, -0.2) is 8.78 Å². The maximum atomic E-state index is 13.2. The molecule has 0 spiro atoms. The third kappa shape index (κ3) is 1.30. The Morgan fingerprint density at radius 1 is 1.21 bits per heavy atom. The van der Waals surface area contributed by atoms with E-state index in [0.29, 0.717) is 0 Å². The van der Waals surface area contributed by atoms with E-state index >= 15 is 0 Å². The molecule has 4 nitrogen and oxygen atoms in total. The first kappa shape index (κ1) is 8.61. The van der Waals surface area contributed by atoms with Gasteiger partial charge in [0.15, 0.2) is 0 Å². The van der Waals surface area contributed by atoms with Crippen molar-refractivity contribution < 1.29 is 18.4 Å². The zero-order valence-electron chi connectivity index (χ0n) is 6.74. The lowest BCUT2D eigenvalue weighted by Gasteiger charge is -2.00. The highest BCUT2D eigenvalue weighted by molar-refractivity contribution is 5.57. The summed E-state index contributed by atoms with van der Waals surface area (Å²) in [6.07, 6.45) is 0.959. The Balaban J connectivity index is 2.64. The number of aromatic nitrogens is 2. The van der Waals surface area contributed by atoms with Gasteiger partial charge in [0.25, 0.3) is 0 Å². The third-order valence-corrected chi connectivity index (χ3v) is 1.61. The number of aromatic hydroxyl groups is 1. The minimum absolute atomic E-state index is 0.194. The van der Waals surface area contributed by atoms with Gasteiger partial charge in [-0.05, 0) is 0 Å². The summed E-state index contributed by atoms with van der Waals surface area (Å²) in [5.41, 5.74) is -0.420. The molecule has 0 aliphatic carbocycles. The van der Waals surface area contributed by atoms with Gasteiger partial charge in [0.1, 0.15) is 17.4 Å². The fourth-order valence-electron chi connectivity index (χ4n) is 1.05. The summed E-state index contributed by atoms with van der Waals surface area (Å²) < 4.78 is 30.7. The lowest BCUT2D eigenvalue weighted by atomic mass is 10.2. The van der Waals surface area contributed by atoms with Crippen LogP contribution in [0.5, 0.6) is 5.75 Å². The highest BCUT2D eigenvalue weighted by Crippen LogP contribution is 2.26. The van der Waals surface area contributed by atoms with E-state index in [0.717, 1.165) is 18.5 Å². The van der Waals surface area contributed by atoms with Crippen LogP contribution in [0.3, 0.4) is 0 Å². The standard InChI is InChI=1S/C8H4F2N2O2/c9-5-1-4(13)2-6(10)7(5)8-11-3-14-12-8/h1-3,13H. The predicted molar refractivity (Wildman–Crippen MR) is 41.3 cm³/mol. The number of nitrogens with zero attached hydrogens (tertiary/aromatic N) is 2. The number of phenols is 1. The Labute approximate surface area is 76.8 Å². The van der Waals surface area contributed by atoms with Crippen molar-refractivity contribution in [3.05, 3.63) is 30.2 Å². The van der Waals surface area contributed by atoms with Crippen molar-refractivity contribution in [3.63, 3.8) is 0 Å². The molecular formula is C8H4F2N2O2. The first-order chi connectivity index (χ1) is 6.68. The molecule has 0 unspecified atom stereocenters. The first-order valence-corrected chi connectivity index (χ1v) is 3.63. The van der Waals surface area contributed by atoms with Gasteiger partial charge in [-0.3, -0.25) is 0 Å². The van der Waals surface area contributed by atoms with Crippen molar-refractivity contribution >= 4 is 0 Å². The molecule has 6 heteroatoms. The Morgan fingerprint density at radius 2 is 1.86 bits per heavy atom. The summed E-state index contributed by atoms with van der Waals surface area (Å²) in [5, 5.41) is 12.2. The molecule has 1 N–H and O–H groups in total. The molecule has 72 valence electrons. The zero-order valence-corrected chi connectivity index (χ0v) is 6.74. The smallest absolute Gasteiger partial charge is 0.214 e. The molecule has 0 saturated carbocycles. The van der Waals surface area contributed by atoms with Gasteiger partial charge in [0.2, 0.25) is 12.2 Å². The molecule has 0 amide bonds. The van der Waals surface area contributed by atoms with Gasteiger partial charge in [0.05, 0.1) is 5.56 Å². The molecule has 1 aromatic heterocycles. The van der Waals surface area contributed by atoms with Crippen LogP contribution in [0.2, 0.25) is 0 Å². The average Bonchev–Trinajstić information content (AvgIpc) is 2.54. The van der Waals surface area contributed by atoms with Crippen molar-refractivity contribution in [1.29, 1.82) is 0 Å². The van der Waals surface area contributed by atoms with Crippen molar-refractivity contribution in [2.45, 2.75) is 0 Å². The molecule has 0 aliphatic heterocycles. The average molecular weight is 198 g/mol. The first-order valence-electron chi connectivity index (χ1n) is 3.63. The zero-order chi connectivity index (χ0) is 10.1. The predicted octanol–water partition coefficient (Wildman–Crippen LogP) is 1.72. The van der Waals surface area contributed by atoms with Crippen LogP contribution in [0.1, 0.15) is 0 Å². The largest absolute Gasteiger partial charge is 0.508 e. The molecule has 2 aromatic rings. The lowest BCUT2D eigenvalue weighted by molar-refractivity contribution is 0.417. The van der Waals surface area contributed by atoms with Gasteiger partial charge >= 0.3 is 0 Å². The topological polar surface area (TPSA) is 59.2 Å². The van der Waals surface area contributed by atoms with Gasteiger partial charge in [-0.1, -0.05) is 5.16 Å². The van der Waals surface area contributed by atoms with E-state index < -0.39 is 22.9 Å². The summed E-state index contributed by atoms with van der Waals surface area (Å²) in [6, 6.07) is 1.55. The number of benzene rings is 1. The van der Waals surface area contributed by atoms with Crippen molar-refractivity contribution in [1.82, 2.24) is 10.1 Å². The van der Waals surface area contributed by atoms with E-state index in [1.807, 2.05) is 0 Å². The number of phenolic OH excluding ortho intramolecular Hbond substituents is 1. The summed E-state index contributed by atoms with van der Waals surface area (Å²) in [5.74, 6) is -2.57. The van der Waals surface area contributed by atoms with Crippen LogP contribution in [0.15, 0.2) is 23.0 Å². The Kier molecular flexibility index (Phi) is 1.88. The number of hydrogen-bond acceptors (Lipinski definition) is 4. The molecule has 0 fully saturated rings. The second kappa shape index (κ2) is 3.06. The van der Waals surface area contributed by atoms with E-state index in [1.165, 1.54) is 0 Å². The molecule has 0 atom stereocenters. The Bertz CT molecular complexity index is 433. The van der Waals surface area contributed by atoms with E-state index in [1.54, 1.807) is 0 Å². The molecular weight excluding hydrogens is 194 g/mol. The minimum atomic E-state index is -0.941. The van der Waals surface area contributed by atoms with Crippen LogP contribution < -0.4 is 0 Å². The highest BCUT2D eigenvalue weighted by Gasteiger charge is 2.16. The number of halogens is 2. The summed E-state index contributed by atoms with van der Waals surface area (Å²) in [6.45, 7) is 0. The van der Waals surface area contributed by atoms with Gasteiger partial charge in [-0.2, -0.15) is 4.98 Å². The summed E-state index contributed by atoms with van der Waals surface area (Å²) in [4.78, 5) is 3.50. The van der Waals surface area contributed by atoms with Crippen LogP contribution in [-0.4, -0.2) is 15.2 Å². The lowest BCUT2D eigenvalue weighted by Crippen LogP contribution is -1.91. The fraction of sp³-hybridized carbons (Fsp3) is 0. The van der Waals surface area contributed by atoms with Crippen molar-refractivity contribution in [2.24, 2.45) is 0 Å². The second-order valence-corrected chi connectivity index (χ2v) is 2.54. The van der Waals surface area contributed by atoms with Crippen molar-refractivity contribution in [2.75, 3.05) is 0 Å². The third-order valence-electron chi connectivity index (χ3n) is 1.61. The maximum Gasteiger partial charge on any atom is 0.214 e. The van der Waals surface area contributed by atoms with Crippen LogP contribution in [0.25, 0.3) is 11.4 Å². The van der Waals surface area contributed by atoms with E-state index in [2.05, 4.69) is 14.7 Å². The Hall–Kier alpha value is -1.98. The quantitative estimate of drug-likeness (QED) is 0.757. The normalized spacial score (nSPS) is 10.4. The van der Waals surface area contributed by atoms with Crippen LogP contribution in [0, 0.1) is 11.6 Å². The summed E-state index contributed by atoms with van der Waals surface area (Å²) >= 11 is 0. The minimum Gasteiger partial charge on any atom is -0.508 e. The van der Waals surface area contributed by atoms with Crippen LogP contribution >= 0.6 is 0 Å². The van der Waals surface area contributed by atoms with Crippen LogP contribution in [0.4, 0.5) is 8.78 Å². The molecule has 2 rings (SSSR count). The fourth-order valence-corrected chi connectivity index (χ4v) is 1.05. The molecule has 0 radical (unpaired) electrons. The molecule has 1 heterocycles. The summed E-state index contributed by atoms with van der Waals surface area (Å²) in [7, 11) is 0. The van der Waals surface area contributed by atoms with E-state index in [-0.39, 0.29) is 5.82 Å². The second-order valence-electron chi connectivity index (χ2n) is 2.54. The molecule has 1 aromatic carbocycles. The highest BCUT2D eigenvalue weighted by atomic mass is 19.1. The SMILES string of the molecule is Oc1cc(F)c(-c2ncon2)c(F)c1. The van der Waals surface area contributed by atoms with Crippen LogP contribution in [-0.2, 0) is 0 Å². The molecule has 14 heavy (non-hydrogen) atoms.